The van der Waals surface area contributed by atoms with Crippen LogP contribution < -0.4 is 5.32 Å². The zero-order valence-corrected chi connectivity index (χ0v) is 16.9. The second-order valence-electron chi connectivity index (χ2n) is 7.24. The molecule has 0 spiro atoms. The second-order valence-corrected chi connectivity index (χ2v) is 7.24. The van der Waals surface area contributed by atoms with Crippen LogP contribution in [0.4, 0.5) is 26.3 Å². The summed E-state index contributed by atoms with van der Waals surface area (Å²) in [6, 6.07) is 0. The van der Waals surface area contributed by atoms with E-state index in [0.717, 1.165) is 0 Å². The number of carbonyl (C=O) groups excluding carboxylic acids is 1. The van der Waals surface area contributed by atoms with Crippen LogP contribution in [0.1, 0.15) is 47.5 Å². The van der Waals surface area contributed by atoms with Crippen molar-refractivity contribution in [2.75, 3.05) is 6.61 Å². The molecule has 0 aromatic carbocycles. The lowest BCUT2D eigenvalue weighted by atomic mass is 9.82. The van der Waals surface area contributed by atoms with Gasteiger partial charge >= 0.3 is 12.7 Å². The Morgan fingerprint density at radius 3 is 2.61 bits per heavy atom. The summed E-state index contributed by atoms with van der Waals surface area (Å²) in [6.07, 6.45) is -7.18. The average Bonchev–Trinajstić information content (AvgIpc) is 3.30. The molecule has 9 nitrogen and oxygen atoms in total. The summed E-state index contributed by atoms with van der Waals surface area (Å²) in [5.74, 6) is -0.457. The lowest BCUT2D eigenvalue weighted by Gasteiger charge is -2.32. The number of imidazole rings is 1. The fourth-order valence-corrected chi connectivity index (χ4v) is 3.00. The number of rotatable bonds is 10. The molecule has 182 valence electrons. The maximum Gasteiger partial charge on any atom is 0.522 e. The van der Waals surface area contributed by atoms with E-state index >= 15 is 0 Å². The summed E-state index contributed by atoms with van der Waals surface area (Å²) >= 11 is 0. The SMILES string of the molecule is C=C(CCc1nnc([C@H]2C[C@@H](OC(F)(F)F)C2)o1)NC(=O)c1cn(CCOC(F)(F)F)cn1. The minimum absolute atomic E-state index is 0.0242. The van der Waals surface area contributed by atoms with Gasteiger partial charge < -0.3 is 14.3 Å². The van der Waals surface area contributed by atoms with Crippen LogP contribution in [0.3, 0.4) is 0 Å². The summed E-state index contributed by atoms with van der Waals surface area (Å²) in [5, 5.41) is 10.2. The van der Waals surface area contributed by atoms with E-state index in [-0.39, 0.29) is 55.6 Å². The fourth-order valence-electron chi connectivity index (χ4n) is 3.00. The highest BCUT2D eigenvalue weighted by atomic mass is 19.4. The Labute approximate surface area is 182 Å². The highest BCUT2D eigenvalue weighted by Gasteiger charge is 2.42. The van der Waals surface area contributed by atoms with E-state index in [4.69, 9.17) is 4.42 Å². The summed E-state index contributed by atoms with van der Waals surface area (Å²) in [7, 11) is 0. The number of ether oxygens (including phenoxy) is 2. The van der Waals surface area contributed by atoms with Crippen molar-refractivity contribution < 1.29 is 45.0 Å². The van der Waals surface area contributed by atoms with Crippen LogP contribution in [0, 0.1) is 0 Å². The molecule has 2 aromatic heterocycles. The topological polar surface area (TPSA) is 104 Å². The van der Waals surface area contributed by atoms with Crippen molar-refractivity contribution in [2.45, 2.75) is 57.0 Å². The fraction of sp³-hybridized carbons (Fsp3) is 0.556. The minimum atomic E-state index is -4.74. The molecule has 1 saturated carbocycles. The van der Waals surface area contributed by atoms with Crippen molar-refractivity contribution in [2.24, 2.45) is 0 Å². The van der Waals surface area contributed by atoms with Crippen molar-refractivity contribution in [3.05, 3.63) is 42.3 Å². The first kappa shape index (κ1) is 24.7. The summed E-state index contributed by atoms with van der Waals surface area (Å²) in [6.45, 7) is 2.93. The summed E-state index contributed by atoms with van der Waals surface area (Å²) < 4.78 is 86.7. The van der Waals surface area contributed by atoms with Gasteiger partial charge in [-0.2, -0.15) is 0 Å². The first-order valence-electron chi connectivity index (χ1n) is 9.66. The van der Waals surface area contributed by atoms with Crippen LogP contribution >= 0.6 is 0 Å². The van der Waals surface area contributed by atoms with E-state index in [9.17, 15) is 31.1 Å². The third-order valence-corrected chi connectivity index (χ3v) is 4.64. The van der Waals surface area contributed by atoms with Crippen LogP contribution in [0.15, 0.2) is 29.2 Å². The standard InChI is InChI=1S/C18H19F6N5O4/c1-10(26-15(30)13-8-29(9-25-13)4-5-31-17(19,20)21)2-3-14-27-28-16(32-14)11-6-12(7-11)33-18(22,23)24/h8-9,11-12H,1-7H2,(H,26,30)/t11-,12+. The first-order chi connectivity index (χ1) is 15.4. The van der Waals surface area contributed by atoms with Gasteiger partial charge in [-0.05, 0) is 19.3 Å². The van der Waals surface area contributed by atoms with Crippen LogP contribution in [0.25, 0.3) is 0 Å². The molecule has 33 heavy (non-hydrogen) atoms. The van der Waals surface area contributed by atoms with Crippen molar-refractivity contribution in [1.29, 1.82) is 0 Å². The Morgan fingerprint density at radius 2 is 1.94 bits per heavy atom. The minimum Gasteiger partial charge on any atom is -0.425 e. The Balaban J connectivity index is 1.38. The summed E-state index contributed by atoms with van der Waals surface area (Å²) in [5.41, 5.74) is 0.279. The Morgan fingerprint density at radius 1 is 1.21 bits per heavy atom. The Hall–Kier alpha value is -2.94. The van der Waals surface area contributed by atoms with Gasteiger partial charge in [0.1, 0.15) is 5.69 Å². The number of aryl methyl sites for hydroxylation is 1. The number of nitrogens with one attached hydrogen (secondary N) is 1. The zero-order chi connectivity index (χ0) is 24.2. The van der Waals surface area contributed by atoms with Gasteiger partial charge in [0.25, 0.3) is 5.91 Å². The highest BCUT2D eigenvalue weighted by molar-refractivity contribution is 5.93. The molecule has 0 atom stereocenters. The van der Waals surface area contributed by atoms with Gasteiger partial charge in [0, 0.05) is 30.8 Å². The molecule has 0 aliphatic heterocycles. The molecule has 0 saturated heterocycles. The molecular weight excluding hydrogens is 464 g/mol. The number of hydrogen-bond donors (Lipinski definition) is 1. The van der Waals surface area contributed by atoms with Crippen LogP contribution in [-0.4, -0.2) is 51.1 Å². The van der Waals surface area contributed by atoms with E-state index < -0.39 is 31.3 Å². The van der Waals surface area contributed by atoms with Crippen LogP contribution in [0.5, 0.6) is 0 Å². The van der Waals surface area contributed by atoms with Gasteiger partial charge in [-0.15, -0.1) is 36.5 Å². The Bertz CT molecular complexity index is 964. The average molecular weight is 483 g/mol. The second kappa shape index (κ2) is 9.91. The van der Waals surface area contributed by atoms with Crippen LogP contribution in [0.2, 0.25) is 0 Å². The zero-order valence-electron chi connectivity index (χ0n) is 16.9. The number of carbonyl (C=O) groups is 1. The number of halogens is 6. The predicted octanol–water partition coefficient (Wildman–Crippen LogP) is 3.46. The lowest BCUT2D eigenvalue weighted by molar-refractivity contribution is -0.352. The molecule has 0 radical (unpaired) electrons. The van der Waals surface area contributed by atoms with Crippen molar-refractivity contribution in [1.82, 2.24) is 25.1 Å². The number of alkyl halides is 6. The predicted molar refractivity (Wildman–Crippen MR) is 96.4 cm³/mol. The third kappa shape index (κ3) is 7.85. The lowest BCUT2D eigenvalue weighted by Crippen LogP contribution is -2.34. The third-order valence-electron chi connectivity index (χ3n) is 4.64. The van der Waals surface area contributed by atoms with Gasteiger partial charge in [0.2, 0.25) is 11.8 Å². The maximum atomic E-state index is 12.2. The number of allylic oxidation sites excluding steroid dienone is 1. The molecule has 1 aliphatic rings. The molecule has 0 bridgehead atoms. The number of aromatic nitrogens is 4. The molecular formula is C18H19F6N5O4. The number of hydrogen-bond acceptors (Lipinski definition) is 7. The molecule has 3 rings (SSSR count). The molecule has 1 fully saturated rings. The van der Waals surface area contributed by atoms with Gasteiger partial charge in [0.15, 0.2) is 0 Å². The largest absolute Gasteiger partial charge is 0.522 e. The molecule has 1 N–H and O–H groups in total. The van der Waals surface area contributed by atoms with Crippen molar-refractivity contribution >= 4 is 5.91 Å². The van der Waals surface area contributed by atoms with Gasteiger partial charge in [0.05, 0.1) is 19.0 Å². The smallest absolute Gasteiger partial charge is 0.425 e. The van der Waals surface area contributed by atoms with E-state index in [1.807, 2.05) is 0 Å². The quantitative estimate of drug-likeness (QED) is 0.516. The van der Waals surface area contributed by atoms with Crippen LogP contribution in [-0.2, 0) is 22.4 Å². The highest BCUT2D eigenvalue weighted by Crippen LogP contribution is 2.40. The number of nitrogens with zero attached hydrogens (tertiary/aromatic N) is 4. The van der Waals surface area contributed by atoms with Gasteiger partial charge in [-0.1, -0.05) is 6.58 Å². The van der Waals surface area contributed by atoms with Crippen molar-refractivity contribution in [3.8, 4) is 0 Å². The maximum absolute atomic E-state index is 12.2. The summed E-state index contributed by atoms with van der Waals surface area (Å²) in [4.78, 5) is 16.0. The normalized spacial score (nSPS) is 18.7. The molecule has 1 aliphatic carbocycles. The van der Waals surface area contributed by atoms with E-state index in [2.05, 4.69) is 36.6 Å². The molecule has 2 aromatic rings. The molecule has 0 unspecified atom stereocenters. The van der Waals surface area contributed by atoms with E-state index in [0.29, 0.717) is 5.70 Å². The molecule has 15 heteroatoms. The first-order valence-corrected chi connectivity index (χ1v) is 9.66. The van der Waals surface area contributed by atoms with E-state index in [1.165, 1.54) is 17.1 Å². The number of amides is 1. The van der Waals surface area contributed by atoms with E-state index in [1.54, 1.807) is 0 Å². The van der Waals surface area contributed by atoms with Crippen molar-refractivity contribution in [3.63, 3.8) is 0 Å². The molecule has 2 heterocycles. The van der Waals surface area contributed by atoms with Gasteiger partial charge in [-0.25, -0.2) is 4.98 Å². The van der Waals surface area contributed by atoms with Gasteiger partial charge in [-0.3, -0.25) is 14.3 Å². The molecule has 1 amide bonds. The monoisotopic (exact) mass is 483 g/mol. The Kier molecular flexibility index (Phi) is 7.41.